The van der Waals surface area contributed by atoms with Crippen LogP contribution in [0.5, 0.6) is 0 Å². The van der Waals surface area contributed by atoms with Crippen LogP contribution in [0.4, 0.5) is 0 Å². The van der Waals surface area contributed by atoms with Crippen molar-refractivity contribution in [3.63, 3.8) is 0 Å². The minimum absolute atomic E-state index is 0.961. The Kier molecular flexibility index (Phi) is 5.21. The third-order valence-corrected chi connectivity index (χ3v) is 5.64. The largest absolute Gasteiger partial charge is 0.220 e. The number of H-pyrrole nitrogens is 1. The van der Waals surface area contributed by atoms with Crippen molar-refractivity contribution < 1.29 is 9.55 Å². The summed E-state index contributed by atoms with van der Waals surface area (Å²) in [5.74, 6) is 0. The first-order chi connectivity index (χ1) is 13.7. The minimum Gasteiger partial charge on any atom is -0.215 e. The lowest BCUT2D eigenvalue weighted by atomic mass is 9.92. The molecule has 1 aromatic carbocycles. The van der Waals surface area contributed by atoms with Gasteiger partial charge >= 0.3 is 0 Å². The van der Waals surface area contributed by atoms with Gasteiger partial charge < -0.3 is 0 Å². The molecule has 0 bridgehead atoms. The van der Waals surface area contributed by atoms with Crippen molar-refractivity contribution in [2.75, 3.05) is 0 Å². The van der Waals surface area contributed by atoms with Crippen LogP contribution in [0.1, 0.15) is 36.7 Å². The second-order valence-electron chi connectivity index (χ2n) is 7.61. The molecule has 0 saturated heterocycles. The highest BCUT2D eigenvalue weighted by molar-refractivity contribution is 5.94. The van der Waals surface area contributed by atoms with E-state index >= 15 is 0 Å². The van der Waals surface area contributed by atoms with E-state index in [2.05, 4.69) is 90.8 Å². The summed E-state index contributed by atoms with van der Waals surface area (Å²) in [6.45, 7) is 9.84. The molecule has 2 nitrogen and oxygen atoms in total. The molecule has 0 unspecified atom stereocenters. The fourth-order valence-electron chi connectivity index (χ4n) is 4.02. The molecule has 2 heteroatoms. The highest BCUT2D eigenvalue weighted by atomic mass is 15.0. The molecule has 3 aromatic rings. The molecule has 0 fully saturated rings. The highest BCUT2D eigenvalue weighted by Gasteiger charge is 2.25. The third kappa shape index (κ3) is 3.68. The predicted octanol–water partition coefficient (Wildman–Crippen LogP) is 5.17. The van der Waals surface area contributed by atoms with Crippen LogP contribution in [-0.4, -0.2) is 0 Å². The van der Waals surface area contributed by atoms with E-state index in [1.54, 1.807) is 0 Å². The van der Waals surface area contributed by atoms with Gasteiger partial charge in [-0.3, -0.25) is 0 Å². The smallest absolute Gasteiger partial charge is 0.215 e. The molecule has 0 saturated carbocycles. The Bertz CT molecular complexity index is 1100. The van der Waals surface area contributed by atoms with Crippen molar-refractivity contribution in [3.05, 3.63) is 102 Å². The van der Waals surface area contributed by atoms with Crippen LogP contribution in [0, 0.1) is 6.92 Å². The molecule has 0 aliphatic carbocycles. The summed E-state index contributed by atoms with van der Waals surface area (Å²) in [4.78, 5) is 3.37. The fraction of sp³-hybridized carbons (Fsp3) is 0.231. The highest BCUT2D eigenvalue weighted by Crippen LogP contribution is 2.31. The summed E-state index contributed by atoms with van der Waals surface area (Å²) in [6.07, 6.45) is 11.9. The zero-order valence-corrected chi connectivity index (χ0v) is 16.8. The standard InChI is InChI=1S/C26H27N2/c1-4-21(18-24-17-19(2)11-14-27-24)9-10-22-12-15-28-16-13-23-7-5-6-8-25(23)26(28)20(22)3/h5-11,13-14,16-17H,3-4,12,15,18H2,1-2H3/q+1/p+1/b21-9-,22-10-. The molecule has 0 amide bonds. The SMILES string of the molecule is C=C1/C(=C\C=C(\CC)Cc2cc(C)cc[nH+]2)CC[n+]2ccc3ccccc3c21. The zero-order valence-electron chi connectivity index (χ0n) is 16.8. The normalized spacial score (nSPS) is 15.9. The summed E-state index contributed by atoms with van der Waals surface area (Å²) < 4.78 is 2.34. The second-order valence-corrected chi connectivity index (χ2v) is 7.61. The number of allylic oxidation sites excluding steroid dienone is 5. The average molecular weight is 369 g/mol. The average Bonchev–Trinajstić information content (AvgIpc) is 2.72. The number of nitrogens with zero attached hydrogens (tertiary/aromatic N) is 1. The van der Waals surface area contributed by atoms with Crippen molar-refractivity contribution in [3.8, 4) is 0 Å². The van der Waals surface area contributed by atoms with Gasteiger partial charge in [0.1, 0.15) is 0 Å². The van der Waals surface area contributed by atoms with Gasteiger partial charge in [0.2, 0.25) is 5.69 Å². The maximum atomic E-state index is 4.46. The number of fused-ring (bicyclic) bond motifs is 3. The Hall–Kier alpha value is -3.00. The molecular weight excluding hydrogens is 340 g/mol. The molecule has 3 heterocycles. The lowest BCUT2D eigenvalue weighted by molar-refractivity contribution is -0.699. The number of aromatic amines is 1. The molecule has 2 aromatic heterocycles. The van der Waals surface area contributed by atoms with Crippen LogP contribution in [0.2, 0.25) is 0 Å². The van der Waals surface area contributed by atoms with Crippen LogP contribution in [0.15, 0.2) is 84.7 Å². The molecule has 0 radical (unpaired) electrons. The maximum Gasteiger partial charge on any atom is 0.220 e. The Morgan fingerprint density at radius 3 is 2.89 bits per heavy atom. The summed E-state index contributed by atoms with van der Waals surface area (Å²) in [5.41, 5.74) is 7.74. The van der Waals surface area contributed by atoms with Gasteiger partial charge in [0.25, 0.3) is 0 Å². The van der Waals surface area contributed by atoms with E-state index in [1.807, 2.05) is 6.20 Å². The van der Waals surface area contributed by atoms with E-state index in [-0.39, 0.29) is 0 Å². The van der Waals surface area contributed by atoms with Crippen molar-refractivity contribution in [1.29, 1.82) is 0 Å². The molecule has 1 aliphatic heterocycles. The summed E-state index contributed by atoms with van der Waals surface area (Å²) >= 11 is 0. The summed E-state index contributed by atoms with van der Waals surface area (Å²) in [6, 6.07) is 15.1. The van der Waals surface area contributed by atoms with Crippen LogP contribution in [0.3, 0.4) is 0 Å². The van der Waals surface area contributed by atoms with E-state index in [1.165, 1.54) is 38.9 Å². The lowest BCUT2D eigenvalue weighted by Crippen LogP contribution is -2.41. The molecule has 1 N–H and O–H groups in total. The van der Waals surface area contributed by atoms with E-state index < -0.39 is 0 Å². The first-order valence-electron chi connectivity index (χ1n) is 10.1. The van der Waals surface area contributed by atoms with Gasteiger partial charge in [0.05, 0.1) is 11.8 Å². The maximum absolute atomic E-state index is 4.46. The van der Waals surface area contributed by atoms with Crippen molar-refractivity contribution in [2.45, 2.75) is 39.7 Å². The van der Waals surface area contributed by atoms with Gasteiger partial charge in [-0.25, -0.2) is 4.98 Å². The summed E-state index contributed by atoms with van der Waals surface area (Å²) in [7, 11) is 0. The molecular formula is C26H28N2+2. The van der Waals surface area contributed by atoms with E-state index in [0.717, 1.165) is 31.4 Å². The lowest BCUT2D eigenvalue weighted by Gasteiger charge is -2.17. The Balaban J connectivity index is 1.64. The van der Waals surface area contributed by atoms with Gasteiger partial charge in [-0.05, 0) is 35.9 Å². The second kappa shape index (κ2) is 7.93. The van der Waals surface area contributed by atoms with E-state index in [4.69, 9.17) is 0 Å². The first-order valence-corrected chi connectivity index (χ1v) is 10.1. The molecule has 28 heavy (non-hydrogen) atoms. The molecule has 1 aliphatic rings. The van der Waals surface area contributed by atoms with Gasteiger partial charge in [-0.1, -0.05) is 49.4 Å². The number of pyridine rings is 2. The van der Waals surface area contributed by atoms with E-state index in [9.17, 15) is 0 Å². The van der Waals surface area contributed by atoms with Gasteiger partial charge in [-0.15, -0.1) is 0 Å². The van der Waals surface area contributed by atoms with Crippen molar-refractivity contribution in [1.82, 2.24) is 0 Å². The van der Waals surface area contributed by atoms with Crippen LogP contribution >= 0.6 is 0 Å². The van der Waals surface area contributed by atoms with E-state index in [0.29, 0.717) is 0 Å². The fourth-order valence-corrected chi connectivity index (χ4v) is 4.02. The zero-order chi connectivity index (χ0) is 19.5. The first kappa shape index (κ1) is 18.4. The quantitative estimate of drug-likeness (QED) is 0.566. The van der Waals surface area contributed by atoms with Crippen molar-refractivity contribution >= 4 is 16.3 Å². The Labute approximate surface area is 167 Å². The minimum atomic E-state index is 0.961. The number of hydrogen-bond acceptors (Lipinski definition) is 0. The monoisotopic (exact) mass is 368 g/mol. The number of aryl methyl sites for hydroxylation is 2. The van der Waals surface area contributed by atoms with Crippen molar-refractivity contribution in [2.24, 2.45) is 0 Å². The summed E-state index contributed by atoms with van der Waals surface area (Å²) in [5, 5.41) is 2.56. The number of aromatic nitrogens is 2. The number of hydrogen-bond donors (Lipinski definition) is 0. The Morgan fingerprint density at radius 2 is 2.07 bits per heavy atom. The van der Waals surface area contributed by atoms with Crippen LogP contribution in [-0.2, 0) is 13.0 Å². The number of nitrogens with one attached hydrogen (secondary N) is 1. The van der Waals surface area contributed by atoms with Crippen LogP contribution in [0.25, 0.3) is 16.3 Å². The van der Waals surface area contributed by atoms with Crippen LogP contribution < -0.4 is 9.55 Å². The molecule has 0 spiro atoms. The molecule has 0 atom stereocenters. The topological polar surface area (TPSA) is 18.0 Å². The third-order valence-electron chi connectivity index (χ3n) is 5.64. The van der Waals surface area contributed by atoms with Gasteiger partial charge in [0, 0.05) is 30.2 Å². The van der Waals surface area contributed by atoms with Gasteiger partial charge in [0.15, 0.2) is 24.6 Å². The number of rotatable bonds is 4. The molecule has 4 rings (SSSR count). The predicted molar refractivity (Wildman–Crippen MR) is 116 cm³/mol. The molecule has 140 valence electrons. The van der Waals surface area contributed by atoms with Gasteiger partial charge in [-0.2, -0.15) is 4.57 Å². The number of benzene rings is 1. The Morgan fingerprint density at radius 1 is 1.21 bits per heavy atom.